The number of nitrogens with one attached hydrogen (secondary N) is 1. The zero-order chi connectivity index (χ0) is 29.2. The maximum atomic E-state index is 13.8. The number of rotatable bonds is 4. The Morgan fingerprint density at radius 1 is 1.00 bits per heavy atom. The van der Waals surface area contributed by atoms with Gasteiger partial charge in [0.1, 0.15) is 17.3 Å². The maximum Gasteiger partial charge on any atom is 0.573 e. The Kier molecular flexibility index (Phi) is 8.50. The number of hydrogen-bond acceptors (Lipinski definition) is 5. The molecule has 0 saturated heterocycles. The van der Waals surface area contributed by atoms with Crippen LogP contribution in [0.4, 0.5) is 43.5 Å². The van der Waals surface area contributed by atoms with Crippen LogP contribution in [0.3, 0.4) is 0 Å². The Labute approximate surface area is 223 Å². The average molecular weight is 571 g/mol. The van der Waals surface area contributed by atoms with Crippen molar-refractivity contribution < 1.29 is 35.3 Å². The number of hydrogen-bond donors (Lipinski definition) is 1. The van der Waals surface area contributed by atoms with Crippen molar-refractivity contribution in [3.63, 3.8) is 0 Å². The Bertz CT molecular complexity index is 1400. The van der Waals surface area contributed by atoms with Gasteiger partial charge in [0.05, 0.1) is 34.3 Å². The van der Waals surface area contributed by atoms with Crippen molar-refractivity contribution in [1.29, 1.82) is 5.26 Å². The SMILES string of the molecule is CC.CC(C)(C#N)c1cccc2c1N(S(=O)c1ccc(OC(F)(F)F)cc1)Cc1ccc(C(F)(F)F)nc1N2. The predicted molar refractivity (Wildman–Crippen MR) is 135 cm³/mol. The minimum Gasteiger partial charge on any atom is -0.406 e. The van der Waals surface area contributed by atoms with E-state index in [0.717, 1.165) is 18.2 Å². The van der Waals surface area contributed by atoms with Gasteiger partial charge in [-0.15, -0.1) is 13.2 Å². The number of nitriles is 1. The van der Waals surface area contributed by atoms with Crippen LogP contribution in [0.1, 0.15) is 44.5 Å². The average Bonchev–Trinajstić information content (AvgIpc) is 3.04. The highest BCUT2D eigenvalue weighted by atomic mass is 32.2. The molecule has 1 aliphatic heterocycles. The van der Waals surface area contributed by atoms with E-state index in [0.29, 0.717) is 5.56 Å². The molecule has 1 unspecified atom stereocenters. The number of halogens is 6. The number of pyridine rings is 1. The van der Waals surface area contributed by atoms with Gasteiger partial charge in [0, 0.05) is 5.56 Å². The van der Waals surface area contributed by atoms with E-state index in [1.807, 2.05) is 13.8 Å². The smallest absolute Gasteiger partial charge is 0.406 e. The lowest BCUT2D eigenvalue weighted by Crippen LogP contribution is -2.28. The normalized spacial score (nSPS) is 13.9. The fourth-order valence-electron chi connectivity index (χ4n) is 3.75. The van der Waals surface area contributed by atoms with Crippen LogP contribution in [-0.4, -0.2) is 15.6 Å². The molecule has 0 fully saturated rings. The van der Waals surface area contributed by atoms with Gasteiger partial charge in [-0.3, -0.25) is 4.31 Å². The second kappa shape index (κ2) is 11.1. The van der Waals surface area contributed by atoms with Crippen molar-refractivity contribution in [1.82, 2.24) is 4.98 Å². The molecule has 1 aliphatic rings. The molecule has 39 heavy (non-hydrogen) atoms. The summed E-state index contributed by atoms with van der Waals surface area (Å²) in [6, 6.07) is 13.4. The summed E-state index contributed by atoms with van der Waals surface area (Å²) in [4.78, 5) is 3.82. The molecule has 2 aromatic carbocycles. The Balaban J connectivity index is 0.00000205. The van der Waals surface area contributed by atoms with E-state index in [2.05, 4.69) is 21.1 Å². The van der Waals surface area contributed by atoms with Gasteiger partial charge in [0.25, 0.3) is 0 Å². The predicted octanol–water partition coefficient (Wildman–Crippen LogP) is 7.61. The summed E-state index contributed by atoms with van der Waals surface area (Å²) in [5.74, 6) is -0.608. The number of alkyl halides is 6. The monoisotopic (exact) mass is 570 g/mol. The van der Waals surface area contributed by atoms with Crippen LogP contribution >= 0.6 is 0 Å². The lowest BCUT2D eigenvalue weighted by molar-refractivity contribution is -0.274. The van der Waals surface area contributed by atoms with Crippen molar-refractivity contribution in [3.05, 3.63) is 71.4 Å². The molecule has 4 rings (SSSR count). The van der Waals surface area contributed by atoms with Crippen LogP contribution in [0.25, 0.3) is 0 Å². The molecule has 1 atom stereocenters. The highest BCUT2D eigenvalue weighted by Gasteiger charge is 2.36. The van der Waals surface area contributed by atoms with E-state index in [-0.39, 0.29) is 34.2 Å². The number of para-hydroxylation sites is 1. The first-order valence-corrected chi connectivity index (χ1v) is 12.7. The minimum atomic E-state index is -4.90. The Hall–Kier alpha value is -3.79. The van der Waals surface area contributed by atoms with E-state index in [4.69, 9.17) is 0 Å². The zero-order valence-corrected chi connectivity index (χ0v) is 22.1. The van der Waals surface area contributed by atoms with Crippen molar-refractivity contribution in [3.8, 4) is 11.8 Å². The highest BCUT2D eigenvalue weighted by Crippen LogP contribution is 2.44. The topological polar surface area (TPSA) is 78.2 Å². The molecule has 6 nitrogen and oxygen atoms in total. The quantitative estimate of drug-likeness (QED) is 0.327. The van der Waals surface area contributed by atoms with E-state index >= 15 is 0 Å². The molecule has 208 valence electrons. The Morgan fingerprint density at radius 2 is 1.64 bits per heavy atom. The second-order valence-corrected chi connectivity index (χ2v) is 9.98. The molecule has 0 aliphatic carbocycles. The molecule has 1 N–H and O–H groups in total. The van der Waals surface area contributed by atoms with Crippen LogP contribution in [0.5, 0.6) is 5.75 Å². The first-order valence-electron chi connectivity index (χ1n) is 11.6. The molecule has 3 aromatic rings. The van der Waals surface area contributed by atoms with E-state index in [1.54, 1.807) is 32.0 Å². The summed E-state index contributed by atoms with van der Waals surface area (Å²) in [6.07, 6.45) is -9.60. The van der Waals surface area contributed by atoms with E-state index < -0.39 is 40.4 Å². The molecular formula is C26H24F6N4O2S. The minimum absolute atomic E-state index is 0.101. The number of benzene rings is 2. The number of ether oxygens (including phenoxy) is 1. The third-order valence-corrected chi connectivity index (χ3v) is 6.92. The summed E-state index contributed by atoms with van der Waals surface area (Å²) in [7, 11) is -2.05. The van der Waals surface area contributed by atoms with Gasteiger partial charge in [0.2, 0.25) is 0 Å². The molecule has 1 aromatic heterocycles. The summed E-state index contributed by atoms with van der Waals surface area (Å²) in [6.45, 7) is 7.09. The van der Waals surface area contributed by atoms with Gasteiger partial charge < -0.3 is 10.1 Å². The molecule has 0 spiro atoms. The molecule has 0 radical (unpaired) electrons. The third kappa shape index (κ3) is 6.62. The van der Waals surface area contributed by atoms with Gasteiger partial charge in [-0.2, -0.15) is 18.4 Å². The zero-order valence-electron chi connectivity index (χ0n) is 21.2. The number of nitrogens with zero attached hydrogens (tertiary/aromatic N) is 3. The number of fused-ring (bicyclic) bond motifs is 2. The van der Waals surface area contributed by atoms with Crippen LogP contribution in [0.15, 0.2) is 59.5 Å². The van der Waals surface area contributed by atoms with Crippen molar-refractivity contribution in [2.24, 2.45) is 0 Å². The molecule has 13 heteroatoms. The van der Waals surface area contributed by atoms with Crippen LogP contribution in [0.2, 0.25) is 0 Å². The highest BCUT2D eigenvalue weighted by molar-refractivity contribution is 7.86. The largest absolute Gasteiger partial charge is 0.573 e. The van der Waals surface area contributed by atoms with Crippen LogP contribution < -0.4 is 14.4 Å². The number of anilines is 3. The van der Waals surface area contributed by atoms with Gasteiger partial charge >= 0.3 is 12.5 Å². The fourth-order valence-corrected chi connectivity index (χ4v) is 4.99. The maximum absolute atomic E-state index is 13.8. The summed E-state index contributed by atoms with van der Waals surface area (Å²) < 4.78 is 96.6. The molecule has 0 saturated carbocycles. The summed E-state index contributed by atoms with van der Waals surface area (Å²) >= 11 is 0. The third-order valence-electron chi connectivity index (χ3n) is 5.53. The van der Waals surface area contributed by atoms with Crippen molar-refractivity contribution in [2.45, 2.75) is 57.1 Å². The summed E-state index contributed by atoms with van der Waals surface area (Å²) in [5, 5.41) is 12.7. The van der Waals surface area contributed by atoms with Crippen LogP contribution in [0, 0.1) is 11.3 Å². The molecule has 2 heterocycles. The van der Waals surface area contributed by atoms with Gasteiger partial charge in [0.15, 0.2) is 11.0 Å². The number of aromatic nitrogens is 1. The first-order chi connectivity index (χ1) is 18.2. The fraction of sp³-hybridized carbons (Fsp3) is 0.308. The standard InChI is InChI=1S/C24H18F6N4O2S.C2H6/c1-22(2,13-31)17-4-3-5-18-20(17)34(12-14-6-11-19(23(25,26)27)33-21(14)32-18)37(35)16-9-7-15(8-10-16)36-24(28,29)30;1-2/h3-11H,12H2,1-2H3,(H,32,33);1-2H3. The van der Waals surface area contributed by atoms with Gasteiger partial charge in [-0.25, -0.2) is 9.19 Å². The van der Waals surface area contributed by atoms with Gasteiger partial charge in [-0.1, -0.05) is 32.0 Å². The summed E-state index contributed by atoms with van der Waals surface area (Å²) in [5.41, 5.74) is -0.944. The second-order valence-electron chi connectivity index (χ2n) is 8.57. The lowest BCUT2D eigenvalue weighted by atomic mass is 9.84. The Morgan fingerprint density at radius 3 is 2.21 bits per heavy atom. The molecule has 0 amide bonds. The molecule has 0 bridgehead atoms. The first kappa shape index (κ1) is 29.8. The van der Waals surface area contributed by atoms with Gasteiger partial charge in [-0.05, 0) is 55.8 Å². The van der Waals surface area contributed by atoms with E-state index in [9.17, 15) is 35.8 Å². The molecular weight excluding hydrogens is 546 g/mol. The van der Waals surface area contributed by atoms with Crippen LogP contribution in [-0.2, 0) is 29.1 Å². The lowest BCUT2D eigenvalue weighted by Gasteiger charge is -2.29. The van der Waals surface area contributed by atoms with E-state index in [1.165, 1.54) is 22.5 Å². The van der Waals surface area contributed by atoms with Crippen molar-refractivity contribution in [2.75, 3.05) is 9.62 Å². The van der Waals surface area contributed by atoms with Crippen molar-refractivity contribution >= 4 is 28.2 Å².